The second kappa shape index (κ2) is 33.5. The Bertz CT molecular complexity index is 2500. The quantitative estimate of drug-likeness (QED) is 0.198. The van der Waals surface area contributed by atoms with Crippen molar-refractivity contribution in [2.24, 2.45) is 35.5 Å². The fourth-order valence-electron chi connectivity index (χ4n) is 13.0. The van der Waals surface area contributed by atoms with Gasteiger partial charge in [0, 0.05) is 66.7 Å². The molecule has 0 radical (unpaired) electrons. The third-order valence-electron chi connectivity index (χ3n) is 19.1. The number of carbonyl (C=O) groups excluding carboxylic acids is 11. The van der Waals surface area contributed by atoms with Crippen LogP contribution in [0.3, 0.4) is 0 Å². The summed E-state index contributed by atoms with van der Waals surface area (Å²) in [7, 11) is 8.54. The SMILES string of the molecule is CC[C@H](C)[C@@H]1NC(=O)[C@H](CC(C)C)N(C)C(=O)C[C@@H](C)NC(=O)[C@H](C(C)C)N(C)C(=O)[C@@](C)(CC)NC(=O)[C@@H]2CCCN2C(=O)[C@H](CCC2CCC(C(F)(F)F)C(Cl)C2)NC(=O)CN(C)C(=O)[C@H](CC2CCCCC2)N(C)C(=O)CN(C)C(=O)CN(C)C1=O. The predicted octanol–water partition coefficient (Wildman–Crippen LogP) is 5.08. The van der Waals surface area contributed by atoms with Crippen molar-refractivity contribution in [3.63, 3.8) is 0 Å². The van der Waals surface area contributed by atoms with E-state index in [2.05, 4.69) is 21.3 Å². The summed E-state index contributed by atoms with van der Waals surface area (Å²) in [5, 5.41) is 10.2. The van der Waals surface area contributed by atoms with E-state index < -0.39 is 162 Å². The summed E-state index contributed by atoms with van der Waals surface area (Å²) in [4.78, 5) is 167. The Balaban J connectivity index is 1.77. The summed E-state index contributed by atoms with van der Waals surface area (Å²) in [6, 6.07) is -7.67. The van der Waals surface area contributed by atoms with E-state index in [4.69, 9.17) is 11.6 Å². The van der Waals surface area contributed by atoms with E-state index in [0.29, 0.717) is 12.8 Å². The Hall–Kier alpha value is -5.75. The summed E-state index contributed by atoms with van der Waals surface area (Å²) in [5.74, 6) is -9.87. The maximum Gasteiger partial charge on any atom is 0.393 e. The molecular weight excluding hydrogens is 1180 g/mol. The summed E-state index contributed by atoms with van der Waals surface area (Å²) in [6.07, 6.45) is 1.24. The Labute approximate surface area is 530 Å². The zero-order valence-electron chi connectivity index (χ0n) is 55.6. The summed E-state index contributed by atoms with van der Waals surface area (Å²) < 4.78 is 41.6. The largest absolute Gasteiger partial charge is 0.393 e. The van der Waals surface area contributed by atoms with Crippen molar-refractivity contribution < 1.29 is 65.9 Å². The fourth-order valence-corrected chi connectivity index (χ4v) is 13.5. The molecule has 4 rings (SSSR count). The molecule has 0 aromatic heterocycles. The zero-order valence-corrected chi connectivity index (χ0v) is 56.3. The van der Waals surface area contributed by atoms with E-state index >= 15 is 0 Å². The minimum Gasteiger partial charge on any atom is -0.351 e. The van der Waals surface area contributed by atoms with Gasteiger partial charge in [0.2, 0.25) is 65.0 Å². The Morgan fingerprint density at radius 3 is 1.81 bits per heavy atom. The highest BCUT2D eigenvalue weighted by molar-refractivity contribution is 6.20. The molecule has 2 aliphatic heterocycles. The van der Waals surface area contributed by atoms with Crippen molar-refractivity contribution in [2.45, 2.75) is 231 Å². The molecule has 0 bridgehead atoms. The summed E-state index contributed by atoms with van der Waals surface area (Å²) in [6.45, 7) is 14.2. The average Bonchev–Trinajstić information content (AvgIpc) is 2.26. The first-order valence-electron chi connectivity index (χ1n) is 32.2. The third-order valence-corrected chi connectivity index (χ3v) is 19.6. The molecule has 0 aromatic rings. The number of amides is 11. The van der Waals surface area contributed by atoms with E-state index in [1.807, 2.05) is 20.8 Å². The van der Waals surface area contributed by atoms with Crippen molar-refractivity contribution >= 4 is 76.6 Å². The maximum atomic E-state index is 15.0. The van der Waals surface area contributed by atoms with Crippen LogP contribution in [0.25, 0.3) is 0 Å². The fraction of sp³-hybridized carbons (Fsp3) is 0.825. The first kappa shape index (κ1) is 75.7. The second-order valence-corrected chi connectivity index (χ2v) is 27.6. The number of fused-ring (bicyclic) bond motifs is 1. The standard InChI is InChI=1S/C63H105ClF3N11O11/c1-16-39(7)53-60(88)74(12)35-51(81)72(10)36-52(82)76(14)48(33-41-22-19-18-20-23-41)59(87)73(11)34-49(79)69-45(28-26-42-25-27-43(44(64)32-42)63(65,66)67)58(86)78-29-21-24-46(78)56(84)71-62(9,17-2)61(89)77(15)54(38(5)6)57(85)68-40(8)31-50(80)75(13)47(30-37(3)4)55(83)70-53/h37-48,53-54H,16-36H2,1-15H3,(H,68,85)(H,69,79)(H,70,83)(H,71,84)/t39-,40+,42?,43?,44?,45-,46-,47-,48-,53-,54-,62+/m0/s1. The number of nitrogens with one attached hydrogen (secondary N) is 4. The number of hydrogen-bond acceptors (Lipinski definition) is 11. The van der Waals surface area contributed by atoms with E-state index in [1.165, 1.54) is 68.8 Å². The molecule has 12 atom stereocenters. The lowest BCUT2D eigenvalue weighted by molar-refractivity contribution is -0.182. The zero-order chi connectivity index (χ0) is 67.2. The van der Waals surface area contributed by atoms with Gasteiger partial charge in [-0.15, -0.1) is 11.6 Å². The van der Waals surface area contributed by atoms with Gasteiger partial charge in [0.15, 0.2) is 0 Å². The highest BCUT2D eigenvalue weighted by Crippen LogP contribution is 2.43. The Morgan fingerprint density at radius 2 is 1.24 bits per heavy atom. The summed E-state index contributed by atoms with van der Waals surface area (Å²) >= 11 is 6.34. The van der Waals surface area contributed by atoms with Crippen LogP contribution in [0.1, 0.15) is 171 Å². The van der Waals surface area contributed by atoms with E-state index in [0.717, 1.165) is 46.8 Å². The molecule has 11 amide bonds. The molecule has 2 heterocycles. The molecule has 3 unspecified atom stereocenters. The highest BCUT2D eigenvalue weighted by atomic mass is 35.5. The number of rotatable bonds is 11. The Morgan fingerprint density at radius 1 is 0.629 bits per heavy atom. The number of halogens is 4. The van der Waals surface area contributed by atoms with E-state index in [9.17, 15) is 65.9 Å². The van der Waals surface area contributed by atoms with Gasteiger partial charge >= 0.3 is 6.18 Å². The normalized spacial score (nSPS) is 30.4. The third kappa shape index (κ3) is 20.6. The van der Waals surface area contributed by atoms with Crippen LogP contribution in [0, 0.1) is 35.5 Å². The van der Waals surface area contributed by atoms with Gasteiger partial charge in [0.05, 0.1) is 25.6 Å². The van der Waals surface area contributed by atoms with Crippen LogP contribution < -0.4 is 21.3 Å². The smallest absolute Gasteiger partial charge is 0.351 e. The molecule has 4 N–H and O–H groups in total. The van der Waals surface area contributed by atoms with Crippen LogP contribution in [0.2, 0.25) is 0 Å². The molecule has 0 spiro atoms. The van der Waals surface area contributed by atoms with Gasteiger partial charge < -0.3 is 55.6 Å². The lowest BCUT2D eigenvalue weighted by Gasteiger charge is -2.39. The monoisotopic (exact) mass is 1280 g/mol. The lowest BCUT2D eigenvalue weighted by Crippen LogP contribution is -2.64. The molecule has 89 heavy (non-hydrogen) atoms. The highest BCUT2D eigenvalue weighted by Gasteiger charge is 2.48. The number of hydrogen-bond donors (Lipinski definition) is 4. The summed E-state index contributed by atoms with van der Waals surface area (Å²) in [5.41, 5.74) is -1.63. The number of nitrogens with zero attached hydrogens (tertiary/aromatic N) is 7. The van der Waals surface area contributed by atoms with Gasteiger partial charge in [0.1, 0.15) is 41.8 Å². The molecule has 22 nitrogen and oxygen atoms in total. The minimum atomic E-state index is -4.50. The Kier molecular flexibility index (Phi) is 28.5. The molecule has 4 fully saturated rings. The van der Waals surface area contributed by atoms with Gasteiger partial charge in [-0.1, -0.05) is 87.0 Å². The lowest BCUT2D eigenvalue weighted by atomic mass is 9.78. The molecule has 2 saturated heterocycles. The van der Waals surface area contributed by atoms with E-state index in [-0.39, 0.29) is 88.5 Å². The topological polar surface area (TPSA) is 259 Å². The molecule has 2 aliphatic carbocycles. The van der Waals surface area contributed by atoms with E-state index in [1.54, 1.807) is 34.6 Å². The molecule has 506 valence electrons. The number of alkyl halides is 4. The van der Waals surface area contributed by atoms with Crippen LogP contribution in [0.4, 0.5) is 13.2 Å². The first-order chi connectivity index (χ1) is 41.5. The molecular formula is C63H105ClF3N11O11. The maximum absolute atomic E-state index is 15.0. The minimum absolute atomic E-state index is 0.00814. The van der Waals surface area contributed by atoms with Gasteiger partial charge in [-0.3, -0.25) is 52.7 Å². The van der Waals surface area contributed by atoms with Crippen molar-refractivity contribution in [3.05, 3.63) is 0 Å². The van der Waals surface area contributed by atoms with Gasteiger partial charge in [0.25, 0.3) is 0 Å². The number of likely N-dealkylation sites (N-methyl/N-ethyl adjacent to an activating group) is 6. The molecule has 0 aromatic carbocycles. The van der Waals surface area contributed by atoms with Crippen molar-refractivity contribution in [1.82, 2.24) is 55.6 Å². The van der Waals surface area contributed by atoms with Crippen molar-refractivity contribution in [1.29, 1.82) is 0 Å². The van der Waals surface area contributed by atoms with Crippen molar-refractivity contribution in [2.75, 3.05) is 68.5 Å². The van der Waals surface area contributed by atoms with Gasteiger partial charge in [-0.2, -0.15) is 13.2 Å². The van der Waals surface area contributed by atoms with Crippen LogP contribution in [0.5, 0.6) is 0 Å². The number of carbonyl (C=O) groups is 11. The second-order valence-electron chi connectivity index (χ2n) is 27.0. The van der Waals surface area contributed by atoms with Crippen LogP contribution in [-0.2, 0) is 52.7 Å². The first-order valence-corrected chi connectivity index (χ1v) is 32.7. The predicted molar refractivity (Wildman–Crippen MR) is 331 cm³/mol. The van der Waals surface area contributed by atoms with Crippen LogP contribution >= 0.6 is 11.6 Å². The molecule has 4 aliphatic rings. The van der Waals surface area contributed by atoms with Crippen molar-refractivity contribution in [3.8, 4) is 0 Å². The average molecular weight is 1290 g/mol. The van der Waals surface area contributed by atoms with Crippen LogP contribution in [-0.4, -0.2) is 227 Å². The molecule has 2 saturated carbocycles. The molecule has 26 heteroatoms. The van der Waals surface area contributed by atoms with Gasteiger partial charge in [-0.05, 0) is 108 Å². The van der Waals surface area contributed by atoms with Crippen LogP contribution in [0.15, 0.2) is 0 Å². The van der Waals surface area contributed by atoms with Gasteiger partial charge in [-0.25, -0.2) is 0 Å².